The Morgan fingerprint density at radius 2 is 2.00 bits per heavy atom. The summed E-state index contributed by atoms with van der Waals surface area (Å²) in [6, 6.07) is 7.68. The molecule has 0 amide bonds. The Hall–Kier alpha value is -0.380. The molecule has 14 heavy (non-hydrogen) atoms. The van der Waals surface area contributed by atoms with Gasteiger partial charge < -0.3 is 10.8 Å². The standard InChI is InChI=1S/C11H16BrNO/c1-11(2,7-14)10(13)8-5-3-4-6-9(8)12/h3-6,10,14H,7,13H2,1-2H3. The van der Waals surface area contributed by atoms with Crippen LogP contribution in [0, 0.1) is 5.41 Å². The predicted molar refractivity (Wildman–Crippen MR) is 61.9 cm³/mol. The molecule has 0 radical (unpaired) electrons. The lowest BCUT2D eigenvalue weighted by atomic mass is 9.82. The first-order valence-electron chi connectivity index (χ1n) is 4.60. The van der Waals surface area contributed by atoms with Gasteiger partial charge in [0.1, 0.15) is 0 Å². The number of hydrogen-bond acceptors (Lipinski definition) is 2. The van der Waals surface area contributed by atoms with E-state index in [1.54, 1.807) is 0 Å². The molecule has 0 saturated carbocycles. The van der Waals surface area contributed by atoms with E-state index in [1.165, 1.54) is 0 Å². The smallest absolute Gasteiger partial charge is 0.0500 e. The van der Waals surface area contributed by atoms with Crippen LogP contribution in [0.2, 0.25) is 0 Å². The van der Waals surface area contributed by atoms with Gasteiger partial charge >= 0.3 is 0 Å². The average Bonchev–Trinajstić information content (AvgIpc) is 2.17. The van der Waals surface area contributed by atoms with Gasteiger partial charge in [-0.1, -0.05) is 48.0 Å². The summed E-state index contributed by atoms with van der Waals surface area (Å²) in [7, 11) is 0. The molecule has 0 saturated heterocycles. The van der Waals surface area contributed by atoms with Crippen molar-refractivity contribution in [2.75, 3.05) is 6.61 Å². The summed E-state index contributed by atoms with van der Waals surface area (Å²) >= 11 is 3.46. The van der Waals surface area contributed by atoms with Crippen LogP contribution in [0.4, 0.5) is 0 Å². The number of halogens is 1. The Balaban J connectivity index is 3.00. The molecular weight excluding hydrogens is 242 g/mol. The summed E-state index contributed by atoms with van der Waals surface area (Å²) in [6.45, 7) is 3.99. The van der Waals surface area contributed by atoms with E-state index >= 15 is 0 Å². The SMILES string of the molecule is CC(C)(CO)C(N)c1ccccc1Br. The van der Waals surface area contributed by atoms with E-state index in [-0.39, 0.29) is 18.1 Å². The highest BCUT2D eigenvalue weighted by Crippen LogP contribution is 2.34. The quantitative estimate of drug-likeness (QED) is 0.874. The second kappa shape index (κ2) is 4.43. The highest BCUT2D eigenvalue weighted by Gasteiger charge is 2.27. The van der Waals surface area contributed by atoms with E-state index in [2.05, 4.69) is 15.9 Å². The number of rotatable bonds is 3. The molecule has 0 fully saturated rings. The minimum atomic E-state index is -0.302. The molecule has 3 heteroatoms. The normalized spacial score (nSPS) is 14.1. The third-order valence-corrected chi connectivity index (χ3v) is 3.21. The van der Waals surface area contributed by atoms with Gasteiger partial charge in [0.05, 0.1) is 0 Å². The van der Waals surface area contributed by atoms with E-state index in [0.29, 0.717) is 0 Å². The summed E-state index contributed by atoms with van der Waals surface area (Å²) in [5.41, 5.74) is 6.83. The Kier molecular flexibility index (Phi) is 3.70. The largest absolute Gasteiger partial charge is 0.396 e. The second-order valence-electron chi connectivity index (χ2n) is 4.15. The van der Waals surface area contributed by atoms with E-state index < -0.39 is 0 Å². The number of benzene rings is 1. The first kappa shape index (κ1) is 11.7. The molecule has 0 aliphatic rings. The van der Waals surface area contributed by atoms with E-state index in [9.17, 15) is 5.11 Å². The van der Waals surface area contributed by atoms with Gasteiger partial charge in [-0.25, -0.2) is 0 Å². The van der Waals surface area contributed by atoms with Gasteiger partial charge in [-0.3, -0.25) is 0 Å². The molecule has 0 aromatic heterocycles. The second-order valence-corrected chi connectivity index (χ2v) is 5.00. The maximum Gasteiger partial charge on any atom is 0.0500 e. The molecule has 1 aromatic rings. The van der Waals surface area contributed by atoms with Gasteiger partial charge in [0.2, 0.25) is 0 Å². The average molecular weight is 258 g/mol. The number of aliphatic hydroxyl groups is 1. The van der Waals surface area contributed by atoms with Gasteiger partial charge in [0, 0.05) is 22.5 Å². The van der Waals surface area contributed by atoms with Crippen molar-refractivity contribution in [3.8, 4) is 0 Å². The van der Waals surface area contributed by atoms with Crippen LogP contribution in [-0.4, -0.2) is 11.7 Å². The van der Waals surface area contributed by atoms with Crippen molar-refractivity contribution >= 4 is 15.9 Å². The number of aliphatic hydroxyl groups excluding tert-OH is 1. The Morgan fingerprint density at radius 1 is 1.43 bits per heavy atom. The minimum absolute atomic E-state index is 0.0789. The Bertz CT molecular complexity index is 312. The zero-order chi connectivity index (χ0) is 10.8. The van der Waals surface area contributed by atoms with Crippen molar-refractivity contribution < 1.29 is 5.11 Å². The summed E-state index contributed by atoms with van der Waals surface area (Å²) in [5, 5.41) is 9.22. The fourth-order valence-electron chi connectivity index (χ4n) is 1.25. The first-order valence-corrected chi connectivity index (χ1v) is 5.39. The van der Waals surface area contributed by atoms with Gasteiger partial charge in [-0.15, -0.1) is 0 Å². The Labute approximate surface area is 93.3 Å². The summed E-state index contributed by atoms with van der Waals surface area (Å²) < 4.78 is 0.994. The first-order chi connectivity index (χ1) is 6.49. The van der Waals surface area contributed by atoms with Crippen LogP contribution >= 0.6 is 15.9 Å². The van der Waals surface area contributed by atoms with Crippen LogP contribution in [0.3, 0.4) is 0 Å². The summed E-state index contributed by atoms with van der Waals surface area (Å²) in [5.74, 6) is 0. The molecule has 1 rings (SSSR count). The van der Waals surface area contributed by atoms with Crippen molar-refractivity contribution in [2.24, 2.45) is 11.1 Å². The minimum Gasteiger partial charge on any atom is -0.396 e. The van der Waals surface area contributed by atoms with Crippen LogP contribution in [0.15, 0.2) is 28.7 Å². The molecule has 0 aliphatic heterocycles. The fraction of sp³-hybridized carbons (Fsp3) is 0.455. The van der Waals surface area contributed by atoms with Gasteiger partial charge in [0.15, 0.2) is 0 Å². The lowest BCUT2D eigenvalue weighted by molar-refractivity contribution is 0.132. The zero-order valence-electron chi connectivity index (χ0n) is 8.50. The lowest BCUT2D eigenvalue weighted by Crippen LogP contribution is -2.32. The maximum atomic E-state index is 9.22. The molecule has 1 unspecified atom stereocenters. The van der Waals surface area contributed by atoms with E-state index in [1.807, 2.05) is 38.1 Å². The van der Waals surface area contributed by atoms with E-state index in [0.717, 1.165) is 10.0 Å². The molecule has 1 aromatic carbocycles. The molecular formula is C11H16BrNO. The molecule has 3 N–H and O–H groups in total. The van der Waals surface area contributed by atoms with Crippen LogP contribution in [0.1, 0.15) is 25.5 Å². The highest BCUT2D eigenvalue weighted by molar-refractivity contribution is 9.10. The third-order valence-electron chi connectivity index (χ3n) is 2.49. The van der Waals surface area contributed by atoms with Crippen molar-refractivity contribution in [1.29, 1.82) is 0 Å². The molecule has 2 nitrogen and oxygen atoms in total. The van der Waals surface area contributed by atoms with E-state index in [4.69, 9.17) is 5.73 Å². The molecule has 0 bridgehead atoms. The molecule has 0 aliphatic carbocycles. The van der Waals surface area contributed by atoms with Crippen molar-refractivity contribution in [3.05, 3.63) is 34.3 Å². The molecule has 78 valence electrons. The predicted octanol–water partition coefficient (Wildman–Crippen LogP) is 2.47. The lowest BCUT2D eigenvalue weighted by Gasteiger charge is -2.30. The van der Waals surface area contributed by atoms with Crippen LogP contribution in [0.25, 0.3) is 0 Å². The Morgan fingerprint density at radius 3 is 2.50 bits per heavy atom. The topological polar surface area (TPSA) is 46.2 Å². The van der Waals surface area contributed by atoms with Gasteiger partial charge in [0.25, 0.3) is 0 Å². The summed E-state index contributed by atoms with van der Waals surface area (Å²) in [4.78, 5) is 0. The highest BCUT2D eigenvalue weighted by atomic mass is 79.9. The van der Waals surface area contributed by atoms with Crippen molar-refractivity contribution in [2.45, 2.75) is 19.9 Å². The third kappa shape index (κ3) is 2.35. The number of hydrogen-bond donors (Lipinski definition) is 2. The van der Waals surface area contributed by atoms with Gasteiger partial charge in [-0.2, -0.15) is 0 Å². The fourth-order valence-corrected chi connectivity index (χ4v) is 1.78. The zero-order valence-corrected chi connectivity index (χ0v) is 10.1. The van der Waals surface area contributed by atoms with Crippen molar-refractivity contribution in [1.82, 2.24) is 0 Å². The van der Waals surface area contributed by atoms with Crippen LogP contribution in [0.5, 0.6) is 0 Å². The van der Waals surface area contributed by atoms with Crippen LogP contribution < -0.4 is 5.73 Å². The maximum absolute atomic E-state index is 9.22. The monoisotopic (exact) mass is 257 g/mol. The number of nitrogens with two attached hydrogens (primary N) is 1. The molecule has 1 atom stereocenters. The molecule has 0 heterocycles. The van der Waals surface area contributed by atoms with Crippen LogP contribution in [-0.2, 0) is 0 Å². The summed E-state index contributed by atoms with van der Waals surface area (Å²) in [6.07, 6.45) is 0. The molecule has 0 spiro atoms. The van der Waals surface area contributed by atoms with Crippen molar-refractivity contribution in [3.63, 3.8) is 0 Å². The van der Waals surface area contributed by atoms with Gasteiger partial charge in [-0.05, 0) is 11.6 Å².